The summed E-state index contributed by atoms with van der Waals surface area (Å²) < 4.78 is 0. The van der Waals surface area contributed by atoms with Gasteiger partial charge in [-0.15, -0.1) is 0 Å². The molecule has 0 bridgehead atoms. The predicted octanol–water partition coefficient (Wildman–Crippen LogP) is 12.1. The van der Waals surface area contributed by atoms with Gasteiger partial charge < -0.3 is 15.3 Å². The van der Waals surface area contributed by atoms with Gasteiger partial charge in [-0.05, 0) is 44.9 Å². The van der Waals surface area contributed by atoms with Crippen LogP contribution in [0.4, 0.5) is 0 Å². The molecule has 2 unspecified atom stereocenters. The molecule has 0 heterocycles. The summed E-state index contributed by atoms with van der Waals surface area (Å²) in [4.78, 5) is 12.4. The number of carboxylic acid groups (broad SMARTS) is 1. The summed E-state index contributed by atoms with van der Waals surface area (Å²) in [7, 11) is 0. The minimum Gasteiger partial charge on any atom is -0.481 e. The normalized spacial score (nSPS) is 14.0. The first-order chi connectivity index (χ1) is 21.0. The van der Waals surface area contributed by atoms with Crippen LogP contribution in [-0.4, -0.2) is 34.0 Å². The molecule has 2 atom stereocenters. The average molecular weight is 609 g/mol. The van der Waals surface area contributed by atoms with Crippen LogP contribution in [-0.2, 0) is 4.79 Å². The first-order valence-corrected chi connectivity index (χ1v) is 19.2. The number of hydrogen-bond acceptors (Lipinski definition) is 3. The summed E-state index contributed by atoms with van der Waals surface area (Å²) in [5, 5.41) is 29.8. The van der Waals surface area contributed by atoms with Crippen molar-refractivity contribution in [2.45, 2.75) is 219 Å². The van der Waals surface area contributed by atoms with Gasteiger partial charge in [0.15, 0.2) is 0 Å². The molecule has 0 aromatic rings. The molecule has 3 N–H and O–H groups in total. The number of carbonyl (C=O) groups is 1. The fourth-order valence-corrected chi connectivity index (χ4v) is 6.51. The second-order valence-corrected chi connectivity index (χ2v) is 13.7. The Balaban J connectivity index is 4.05. The Labute approximate surface area is 268 Å². The van der Waals surface area contributed by atoms with Gasteiger partial charge in [0.1, 0.15) is 0 Å². The van der Waals surface area contributed by atoms with E-state index in [0.29, 0.717) is 12.8 Å². The Kier molecular flexibility index (Phi) is 31.9. The molecule has 0 amide bonds. The van der Waals surface area contributed by atoms with E-state index in [9.17, 15) is 20.1 Å². The summed E-state index contributed by atoms with van der Waals surface area (Å²) in [6.07, 6.45) is 40.5. The van der Waals surface area contributed by atoms with Crippen LogP contribution in [0.5, 0.6) is 0 Å². The van der Waals surface area contributed by atoms with Gasteiger partial charge in [-0.1, -0.05) is 180 Å². The molecule has 0 aliphatic carbocycles. The zero-order valence-corrected chi connectivity index (χ0v) is 29.1. The molecule has 0 rings (SSSR count). The van der Waals surface area contributed by atoms with Crippen LogP contribution in [0.15, 0.2) is 12.2 Å². The first-order valence-electron chi connectivity index (χ1n) is 19.2. The van der Waals surface area contributed by atoms with Crippen molar-refractivity contribution in [2.75, 3.05) is 6.61 Å². The zero-order valence-electron chi connectivity index (χ0n) is 29.1. The summed E-state index contributed by atoms with van der Waals surface area (Å²) in [6, 6.07) is 0. The lowest BCUT2D eigenvalue weighted by atomic mass is 9.73. The SMILES string of the molecule is CCCCCCCCC=CCCCCCCCCC(CCCCCCCCCCCCCCCC)(CC(O)CO)C(=O)O. The second kappa shape index (κ2) is 32.5. The Morgan fingerprint density at radius 3 is 1.14 bits per heavy atom. The molecule has 43 heavy (non-hydrogen) atoms. The van der Waals surface area contributed by atoms with Gasteiger partial charge >= 0.3 is 5.97 Å². The topological polar surface area (TPSA) is 77.8 Å². The molecule has 0 aliphatic heterocycles. The summed E-state index contributed by atoms with van der Waals surface area (Å²) in [5.74, 6) is -0.789. The Bertz CT molecular complexity index is 604. The maximum Gasteiger partial charge on any atom is 0.309 e. The first kappa shape index (κ1) is 42.1. The molecule has 0 saturated carbocycles. The maximum absolute atomic E-state index is 12.4. The van der Waals surface area contributed by atoms with Crippen molar-refractivity contribution < 1.29 is 20.1 Å². The number of rotatable bonds is 35. The number of aliphatic hydroxyl groups is 2. The highest BCUT2D eigenvalue weighted by atomic mass is 16.4. The van der Waals surface area contributed by atoms with Crippen molar-refractivity contribution in [1.82, 2.24) is 0 Å². The number of aliphatic carboxylic acids is 1. The van der Waals surface area contributed by atoms with Crippen molar-refractivity contribution in [1.29, 1.82) is 0 Å². The molecule has 0 spiro atoms. The molecule has 256 valence electrons. The van der Waals surface area contributed by atoms with Crippen LogP contribution in [0.25, 0.3) is 0 Å². The number of unbranched alkanes of at least 4 members (excludes halogenated alkanes) is 25. The van der Waals surface area contributed by atoms with Crippen LogP contribution in [0.1, 0.15) is 213 Å². The van der Waals surface area contributed by atoms with E-state index < -0.39 is 17.5 Å². The highest BCUT2D eigenvalue weighted by molar-refractivity contribution is 5.74. The molecule has 0 aliphatic rings. The van der Waals surface area contributed by atoms with E-state index in [1.165, 1.54) is 148 Å². The predicted molar refractivity (Wildman–Crippen MR) is 187 cm³/mol. The molecule has 0 fully saturated rings. The summed E-state index contributed by atoms with van der Waals surface area (Å²) >= 11 is 0. The maximum atomic E-state index is 12.4. The smallest absolute Gasteiger partial charge is 0.309 e. The molecule has 0 aromatic carbocycles. The Morgan fingerprint density at radius 1 is 0.535 bits per heavy atom. The Morgan fingerprint density at radius 2 is 0.837 bits per heavy atom. The number of allylic oxidation sites excluding steroid dienone is 2. The van der Waals surface area contributed by atoms with Gasteiger partial charge in [-0.3, -0.25) is 4.79 Å². The quantitative estimate of drug-likeness (QED) is 0.0494. The van der Waals surface area contributed by atoms with Crippen molar-refractivity contribution in [3.05, 3.63) is 12.2 Å². The van der Waals surface area contributed by atoms with E-state index in [1.807, 2.05) is 0 Å². The third-order valence-electron chi connectivity index (χ3n) is 9.47. The van der Waals surface area contributed by atoms with E-state index in [1.54, 1.807) is 0 Å². The van der Waals surface area contributed by atoms with Gasteiger partial charge in [0.25, 0.3) is 0 Å². The highest BCUT2D eigenvalue weighted by Gasteiger charge is 2.39. The number of carboxylic acids is 1. The van der Waals surface area contributed by atoms with Crippen LogP contribution in [0.3, 0.4) is 0 Å². The molecular weight excluding hydrogens is 532 g/mol. The van der Waals surface area contributed by atoms with Crippen molar-refractivity contribution in [3.8, 4) is 0 Å². The highest BCUT2D eigenvalue weighted by Crippen LogP contribution is 2.37. The summed E-state index contributed by atoms with van der Waals surface area (Å²) in [5.41, 5.74) is -0.903. The molecular formula is C39H76O4. The fraction of sp³-hybridized carbons (Fsp3) is 0.923. The van der Waals surface area contributed by atoms with E-state index in [2.05, 4.69) is 26.0 Å². The molecule has 0 saturated heterocycles. The third-order valence-corrected chi connectivity index (χ3v) is 9.47. The van der Waals surface area contributed by atoms with Gasteiger partial charge in [-0.2, -0.15) is 0 Å². The van der Waals surface area contributed by atoms with Crippen LogP contribution in [0.2, 0.25) is 0 Å². The van der Waals surface area contributed by atoms with Gasteiger partial charge in [0, 0.05) is 0 Å². The molecule has 0 aromatic heterocycles. The average Bonchev–Trinajstić information content (AvgIpc) is 3.00. The van der Waals surface area contributed by atoms with E-state index in [0.717, 1.165) is 32.1 Å². The number of hydrogen-bond donors (Lipinski definition) is 3. The van der Waals surface area contributed by atoms with E-state index >= 15 is 0 Å². The lowest BCUT2D eigenvalue weighted by molar-refractivity contribution is -0.153. The minimum atomic E-state index is -0.947. The van der Waals surface area contributed by atoms with E-state index in [-0.39, 0.29) is 13.0 Å². The minimum absolute atomic E-state index is 0.169. The number of aliphatic hydroxyl groups excluding tert-OH is 2. The lowest BCUT2D eigenvalue weighted by Gasteiger charge is -2.31. The van der Waals surface area contributed by atoms with Gasteiger partial charge in [-0.25, -0.2) is 0 Å². The zero-order chi connectivity index (χ0) is 31.7. The second-order valence-electron chi connectivity index (χ2n) is 13.7. The molecule has 4 nitrogen and oxygen atoms in total. The Hall–Kier alpha value is -0.870. The van der Waals surface area contributed by atoms with Crippen molar-refractivity contribution in [3.63, 3.8) is 0 Å². The van der Waals surface area contributed by atoms with Crippen LogP contribution in [0, 0.1) is 5.41 Å². The van der Waals surface area contributed by atoms with Crippen LogP contribution >= 0.6 is 0 Å². The van der Waals surface area contributed by atoms with Crippen LogP contribution < -0.4 is 0 Å². The molecule has 4 heteroatoms. The summed E-state index contributed by atoms with van der Waals surface area (Å²) in [6.45, 7) is 4.18. The van der Waals surface area contributed by atoms with Crippen molar-refractivity contribution in [2.24, 2.45) is 5.41 Å². The van der Waals surface area contributed by atoms with E-state index in [4.69, 9.17) is 0 Å². The van der Waals surface area contributed by atoms with Crippen molar-refractivity contribution >= 4 is 5.97 Å². The lowest BCUT2D eigenvalue weighted by Crippen LogP contribution is -2.36. The fourth-order valence-electron chi connectivity index (χ4n) is 6.51. The standard InChI is InChI=1S/C39H76O4/c1-3-5-7-9-11-13-15-17-19-20-22-24-26-28-30-32-34-39(38(42)43,35-37(41)36-40)33-31-29-27-25-23-21-18-16-14-12-10-8-6-4-2/h17,19,37,40-41H,3-16,18,20-36H2,1-2H3,(H,42,43). The largest absolute Gasteiger partial charge is 0.481 e. The third kappa shape index (κ3) is 27.2. The monoisotopic (exact) mass is 609 g/mol. The van der Waals surface area contributed by atoms with Gasteiger partial charge in [0.05, 0.1) is 18.1 Å². The molecule has 0 radical (unpaired) electrons. The van der Waals surface area contributed by atoms with Gasteiger partial charge in [0.2, 0.25) is 0 Å².